The number of carbonyl (C=O) groups excluding carboxylic acids is 1. The molecule has 0 radical (unpaired) electrons. The lowest BCUT2D eigenvalue weighted by molar-refractivity contribution is -0.133. The molecule has 0 bridgehead atoms. The minimum atomic E-state index is 0. The van der Waals surface area contributed by atoms with E-state index in [1.165, 1.54) is 5.56 Å². The number of amides is 1. The largest absolute Gasteiger partial charge is 0.342 e. The molecule has 1 unspecified atom stereocenters. The lowest BCUT2D eigenvalue weighted by atomic mass is 9.79. The molecule has 1 aliphatic rings. The molecular weight excluding hydrogens is 284 g/mol. The second-order valence-corrected chi connectivity index (χ2v) is 6.55. The van der Waals surface area contributed by atoms with Crippen LogP contribution in [-0.4, -0.2) is 29.9 Å². The second-order valence-electron chi connectivity index (χ2n) is 6.55. The Bertz CT molecular complexity index is 470. The van der Waals surface area contributed by atoms with E-state index in [-0.39, 0.29) is 29.8 Å². The Morgan fingerprint density at radius 3 is 2.38 bits per heavy atom. The minimum Gasteiger partial charge on any atom is -0.342 e. The number of halogens is 1. The van der Waals surface area contributed by atoms with Crippen LogP contribution in [0.1, 0.15) is 38.3 Å². The summed E-state index contributed by atoms with van der Waals surface area (Å²) in [5, 5.41) is 0. The van der Waals surface area contributed by atoms with Crippen molar-refractivity contribution in [3.05, 3.63) is 35.4 Å². The van der Waals surface area contributed by atoms with Crippen LogP contribution in [0.3, 0.4) is 0 Å². The number of aryl methyl sites for hydroxylation is 1. The zero-order valence-electron chi connectivity index (χ0n) is 13.3. The van der Waals surface area contributed by atoms with Gasteiger partial charge in [-0.2, -0.15) is 0 Å². The first kappa shape index (κ1) is 18.0. The fourth-order valence-corrected chi connectivity index (χ4v) is 2.77. The predicted molar refractivity (Wildman–Crippen MR) is 89.7 cm³/mol. The van der Waals surface area contributed by atoms with Gasteiger partial charge in [0.2, 0.25) is 5.91 Å². The first-order valence-electron chi connectivity index (χ1n) is 7.53. The van der Waals surface area contributed by atoms with Crippen LogP contribution in [0, 0.1) is 5.41 Å². The Hall–Kier alpha value is -1.06. The fraction of sp³-hybridized carbons (Fsp3) is 0.588. The van der Waals surface area contributed by atoms with Crippen LogP contribution in [0.25, 0.3) is 0 Å². The highest BCUT2D eigenvalue weighted by Crippen LogP contribution is 2.28. The summed E-state index contributed by atoms with van der Waals surface area (Å²) in [5.41, 5.74) is 8.54. The third-order valence-corrected chi connectivity index (χ3v) is 4.45. The lowest BCUT2D eigenvalue weighted by Gasteiger charge is -2.42. The van der Waals surface area contributed by atoms with E-state index in [9.17, 15) is 4.79 Å². The van der Waals surface area contributed by atoms with Crippen molar-refractivity contribution in [2.75, 3.05) is 13.1 Å². The summed E-state index contributed by atoms with van der Waals surface area (Å²) in [5.74, 6) is 0.217. The van der Waals surface area contributed by atoms with Crippen molar-refractivity contribution in [2.45, 2.75) is 46.1 Å². The number of likely N-dealkylation sites (tertiary alicyclic amines) is 1. The number of piperidine rings is 1. The molecule has 4 heteroatoms. The van der Waals surface area contributed by atoms with Crippen LogP contribution in [-0.2, 0) is 17.6 Å². The summed E-state index contributed by atoms with van der Waals surface area (Å²) < 4.78 is 0. The Morgan fingerprint density at radius 1 is 1.29 bits per heavy atom. The third kappa shape index (κ3) is 4.45. The van der Waals surface area contributed by atoms with Crippen LogP contribution in [0.2, 0.25) is 0 Å². The second kappa shape index (κ2) is 7.28. The number of nitrogens with two attached hydrogens (primary N) is 1. The van der Waals surface area contributed by atoms with Gasteiger partial charge in [0.15, 0.2) is 0 Å². The summed E-state index contributed by atoms with van der Waals surface area (Å²) in [6.07, 6.45) is 2.43. The smallest absolute Gasteiger partial charge is 0.227 e. The molecular formula is C17H27ClN2O. The topological polar surface area (TPSA) is 46.3 Å². The lowest BCUT2D eigenvalue weighted by Crippen LogP contribution is -2.54. The van der Waals surface area contributed by atoms with Crippen molar-refractivity contribution in [1.82, 2.24) is 4.90 Å². The molecule has 0 saturated carbocycles. The van der Waals surface area contributed by atoms with Crippen LogP contribution in [0.5, 0.6) is 0 Å². The van der Waals surface area contributed by atoms with Crippen LogP contribution < -0.4 is 5.73 Å². The third-order valence-electron chi connectivity index (χ3n) is 4.45. The van der Waals surface area contributed by atoms with Gasteiger partial charge in [-0.15, -0.1) is 12.4 Å². The van der Waals surface area contributed by atoms with Crippen LogP contribution in [0.15, 0.2) is 24.3 Å². The SMILES string of the molecule is CCc1ccc(CC(=O)N2CCC(N)C(C)(C)C2)cc1.Cl. The number of hydrogen-bond donors (Lipinski definition) is 1. The maximum Gasteiger partial charge on any atom is 0.227 e. The average molecular weight is 311 g/mol. The summed E-state index contributed by atoms with van der Waals surface area (Å²) in [6, 6.07) is 8.54. The highest BCUT2D eigenvalue weighted by atomic mass is 35.5. The average Bonchev–Trinajstić information content (AvgIpc) is 2.42. The molecule has 2 N–H and O–H groups in total. The Kier molecular flexibility index (Phi) is 6.24. The van der Waals surface area contributed by atoms with Gasteiger partial charge in [-0.25, -0.2) is 0 Å². The summed E-state index contributed by atoms with van der Waals surface area (Å²) >= 11 is 0. The summed E-state index contributed by atoms with van der Waals surface area (Å²) in [4.78, 5) is 14.4. The number of nitrogens with zero attached hydrogens (tertiary/aromatic N) is 1. The number of hydrogen-bond acceptors (Lipinski definition) is 2. The molecule has 0 spiro atoms. The van der Waals surface area contributed by atoms with Gasteiger partial charge in [-0.3, -0.25) is 4.79 Å². The van der Waals surface area contributed by atoms with Gasteiger partial charge >= 0.3 is 0 Å². The van der Waals surface area contributed by atoms with E-state index >= 15 is 0 Å². The molecule has 0 aliphatic carbocycles. The summed E-state index contributed by atoms with van der Waals surface area (Å²) in [7, 11) is 0. The molecule has 1 fully saturated rings. The standard InChI is InChI=1S/C17H26N2O.ClH/c1-4-13-5-7-14(8-6-13)11-16(20)19-10-9-15(18)17(2,3)12-19;/h5-8,15H,4,9-12,18H2,1-3H3;1H. The molecule has 2 rings (SSSR count). The predicted octanol–water partition coefficient (Wildman–Crippen LogP) is 2.80. The van der Waals surface area contributed by atoms with Crippen molar-refractivity contribution in [3.63, 3.8) is 0 Å². The van der Waals surface area contributed by atoms with Gasteiger partial charge in [0, 0.05) is 19.1 Å². The van der Waals surface area contributed by atoms with Gasteiger partial charge in [0.05, 0.1) is 6.42 Å². The Labute approximate surface area is 134 Å². The van der Waals surface area contributed by atoms with Crippen LogP contribution >= 0.6 is 12.4 Å². The molecule has 1 amide bonds. The normalized spacial score (nSPS) is 20.8. The van der Waals surface area contributed by atoms with E-state index in [2.05, 4.69) is 45.0 Å². The zero-order chi connectivity index (χ0) is 14.8. The van der Waals surface area contributed by atoms with Crippen molar-refractivity contribution in [3.8, 4) is 0 Å². The Balaban J connectivity index is 0.00000220. The van der Waals surface area contributed by atoms with E-state index in [1.807, 2.05) is 4.90 Å². The highest BCUT2D eigenvalue weighted by molar-refractivity contribution is 5.85. The molecule has 0 aromatic heterocycles. The fourth-order valence-electron chi connectivity index (χ4n) is 2.77. The maximum atomic E-state index is 12.4. The van der Waals surface area contributed by atoms with Crippen molar-refractivity contribution >= 4 is 18.3 Å². The van der Waals surface area contributed by atoms with Gasteiger partial charge in [-0.1, -0.05) is 45.0 Å². The molecule has 1 atom stereocenters. The van der Waals surface area contributed by atoms with E-state index in [0.717, 1.165) is 31.5 Å². The van der Waals surface area contributed by atoms with Crippen molar-refractivity contribution in [2.24, 2.45) is 11.1 Å². The van der Waals surface area contributed by atoms with Crippen molar-refractivity contribution < 1.29 is 4.79 Å². The molecule has 21 heavy (non-hydrogen) atoms. The minimum absolute atomic E-state index is 0. The first-order valence-corrected chi connectivity index (χ1v) is 7.53. The molecule has 1 aliphatic heterocycles. The Morgan fingerprint density at radius 2 is 1.86 bits per heavy atom. The van der Waals surface area contributed by atoms with E-state index in [0.29, 0.717) is 6.42 Å². The maximum absolute atomic E-state index is 12.4. The molecule has 1 saturated heterocycles. The van der Waals surface area contributed by atoms with E-state index < -0.39 is 0 Å². The van der Waals surface area contributed by atoms with Gasteiger partial charge in [-0.05, 0) is 29.4 Å². The molecule has 3 nitrogen and oxygen atoms in total. The van der Waals surface area contributed by atoms with Gasteiger partial charge in [0.1, 0.15) is 0 Å². The molecule has 118 valence electrons. The number of rotatable bonds is 3. The number of benzene rings is 1. The van der Waals surface area contributed by atoms with Gasteiger partial charge in [0.25, 0.3) is 0 Å². The molecule has 1 heterocycles. The first-order chi connectivity index (χ1) is 9.42. The van der Waals surface area contributed by atoms with E-state index in [4.69, 9.17) is 5.73 Å². The summed E-state index contributed by atoms with van der Waals surface area (Å²) in [6.45, 7) is 7.98. The van der Waals surface area contributed by atoms with Crippen LogP contribution in [0.4, 0.5) is 0 Å². The number of carbonyl (C=O) groups is 1. The van der Waals surface area contributed by atoms with Crippen molar-refractivity contribution in [1.29, 1.82) is 0 Å². The monoisotopic (exact) mass is 310 g/mol. The van der Waals surface area contributed by atoms with E-state index in [1.54, 1.807) is 0 Å². The quantitative estimate of drug-likeness (QED) is 0.933. The van der Waals surface area contributed by atoms with Gasteiger partial charge < -0.3 is 10.6 Å². The zero-order valence-corrected chi connectivity index (χ0v) is 14.1. The highest BCUT2D eigenvalue weighted by Gasteiger charge is 2.35. The molecule has 1 aromatic carbocycles. The molecule has 1 aromatic rings.